The van der Waals surface area contributed by atoms with Crippen LogP contribution < -0.4 is 0 Å². The molecule has 0 saturated heterocycles. The topological polar surface area (TPSA) is 118 Å². The normalized spacial score (nSPS) is 13.9. The maximum absolute atomic E-state index is 10.9. The Hall–Kier alpha value is 0.260. The second-order valence-corrected chi connectivity index (χ2v) is 7.43. The third kappa shape index (κ3) is 5.78. The third-order valence-electron chi connectivity index (χ3n) is 1.86. The van der Waals surface area contributed by atoms with E-state index in [0.717, 1.165) is 6.42 Å². The first-order valence-electron chi connectivity index (χ1n) is 4.38. The second-order valence-electron chi connectivity index (χ2n) is 3.42. The largest absolute Gasteiger partial charge is 0.342 e. The lowest BCUT2D eigenvalue weighted by molar-refractivity contribution is 0.293. The summed E-state index contributed by atoms with van der Waals surface area (Å²) in [6.07, 6.45) is 0.742. The van der Waals surface area contributed by atoms with Gasteiger partial charge in [-0.15, -0.1) is 0 Å². The number of hydrogen-bond donors (Lipinski definition) is 4. The van der Waals surface area contributed by atoms with Crippen LogP contribution in [0.3, 0.4) is 0 Å². The van der Waals surface area contributed by atoms with Crippen molar-refractivity contribution < 1.29 is 28.7 Å². The molecule has 0 radical (unpaired) electrons. The van der Waals surface area contributed by atoms with Crippen LogP contribution in [0.2, 0.25) is 0 Å². The highest BCUT2D eigenvalue weighted by atomic mass is 31.2. The Morgan fingerprint density at radius 2 is 1.53 bits per heavy atom. The summed E-state index contributed by atoms with van der Waals surface area (Å²) in [6, 6.07) is 0. The van der Waals surface area contributed by atoms with Gasteiger partial charge in [0.25, 0.3) is 0 Å². The predicted molar refractivity (Wildman–Crippen MR) is 55.7 cm³/mol. The van der Waals surface area contributed by atoms with Gasteiger partial charge >= 0.3 is 15.2 Å². The Labute approximate surface area is 88.4 Å². The maximum atomic E-state index is 10.9. The lowest BCUT2D eigenvalue weighted by Gasteiger charge is -2.24. The number of rotatable bonds is 6. The highest BCUT2D eigenvalue weighted by Gasteiger charge is 2.43. The molecule has 0 atom stereocenters. The van der Waals surface area contributed by atoms with Crippen LogP contribution in [-0.2, 0) is 9.13 Å². The van der Waals surface area contributed by atoms with Gasteiger partial charge in [0.05, 0.1) is 0 Å². The van der Waals surface area contributed by atoms with Crippen molar-refractivity contribution in [1.29, 1.82) is 0 Å². The lowest BCUT2D eigenvalue weighted by atomic mass is 10.4. The van der Waals surface area contributed by atoms with E-state index in [1.165, 1.54) is 4.90 Å². The van der Waals surface area contributed by atoms with Crippen LogP contribution in [0.4, 0.5) is 0 Å². The zero-order chi connectivity index (χ0) is 12.3. The molecule has 0 aliphatic heterocycles. The molecule has 0 saturated carbocycles. The maximum Gasteiger partial charge on any atom is 0.342 e. The van der Waals surface area contributed by atoms with E-state index in [9.17, 15) is 9.13 Å². The fourth-order valence-corrected chi connectivity index (χ4v) is 3.71. The SMILES string of the molecule is CCCN(C)CC(P(=O)(O)O)P(=O)(O)O. The Kier molecular flexibility index (Phi) is 5.64. The molecule has 0 rings (SSSR count). The van der Waals surface area contributed by atoms with E-state index in [1.54, 1.807) is 7.05 Å². The highest BCUT2D eigenvalue weighted by molar-refractivity contribution is 7.70. The summed E-state index contributed by atoms with van der Waals surface area (Å²) >= 11 is 0. The van der Waals surface area contributed by atoms with Gasteiger partial charge in [-0.2, -0.15) is 0 Å². The van der Waals surface area contributed by atoms with Gasteiger partial charge in [-0.25, -0.2) is 0 Å². The van der Waals surface area contributed by atoms with E-state index in [0.29, 0.717) is 6.54 Å². The molecule has 4 N–H and O–H groups in total. The van der Waals surface area contributed by atoms with E-state index < -0.39 is 20.6 Å². The molecular weight excluding hydrogens is 244 g/mol. The van der Waals surface area contributed by atoms with Crippen LogP contribution in [0.5, 0.6) is 0 Å². The Balaban J connectivity index is 4.70. The van der Waals surface area contributed by atoms with Gasteiger partial charge in [0.1, 0.15) is 0 Å². The van der Waals surface area contributed by atoms with Crippen molar-refractivity contribution in [2.45, 2.75) is 18.7 Å². The molecule has 92 valence electrons. The Morgan fingerprint density at radius 3 is 1.80 bits per heavy atom. The van der Waals surface area contributed by atoms with Crippen LogP contribution in [0, 0.1) is 0 Å². The molecule has 15 heavy (non-hydrogen) atoms. The molecule has 7 nitrogen and oxygen atoms in total. The van der Waals surface area contributed by atoms with E-state index in [2.05, 4.69) is 0 Å². The van der Waals surface area contributed by atoms with Gasteiger partial charge in [-0.3, -0.25) is 9.13 Å². The lowest BCUT2D eigenvalue weighted by Crippen LogP contribution is -2.29. The zero-order valence-electron chi connectivity index (χ0n) is 8.65. The van der Waals surface area contributed by atoms with E-state index in [4.69, 9.17) is 19.6 Å². The molecule has 0 aromatic rings. The van der Waals surface area contributed by atoms with E-state index >= 15 is 0 Å². The molecule has 0 heterocycles. The minimum Gasteiger partial charge on any atom is -0.324 e. The van der Waals surface area contributed by atoms with Crippen LogP contribution in [0.1, 0.15) is 13.3 Å². The zero-order valence-corrected chi connectivity index (χ0v) is 10.4. The van der Waals surface area contributed by atoms with Crippen molar-refractivity contribution in [3.05, 3.63) is 0 Å². The van der Waals surface area contributed by atoms with E-state index in [1.807, 2.05) is 6.92 Å². The molecule has 0 amide bonds. The Morgan fingerprint density at radius 1 is 1.13 bits per heavy atom. The van der Waals surface area contributed by atoms with Gasteiger partial charge < -0.3 is 24.5 Å². The summed E-state index contributed by atoms with van der Waals surface area (Å²) in [6.45, 7) is 2.07. The first-order valence-corrected chi connectivity index (χ1v) is 7.74. The fourth-order valence-electron chi connectivity index (χ4n) is 1.16. The van der Waals surface area contributed by atoms with Crippen molar-refractivity contribution in [2.24, 2.45) is 0 Å². The van der Waals surface area contributed by atoms with Crippen LogP contribution >= 0.6 is 15.2 Å². The molecular formula is C6H17NO6P2. The average Bonchev–Trinajstić information content (AvgIpc) is 1.96. The quantitative estimate of drug-likeness (QED) is 0.497. The summed E-state index contributed by atoms with van der Waals surface area (Å²) in [5.41, 5.74) is 0. The first-order chi connectivity index (χ1) is 6.59. The fraction of sp³-hybridized carbons (Fsp3) is 1.00. The molecule has 0 aliphatic rings. The van der Waals surface area contributed by atoms with Crippen LogP contribution in [-0.4, -0.2) is 50.0 Å². The summed E-state index contributed by atoms with van der Waals surface area (Å²) in [5.74, 6) is 0. The first kappa shape index (κ1) is 15.3. The standard InChI is InChI=1S/C6H17NO6P2/c1-3-4-7(2)5-6(14(8,9)10)15(11,12)13/h6H,3-5H2,1-2H3,(H2,8,9,10)(H2,11,12,13). The molecule has 0 unspecified atom stereocenters. The van der Waals surface area contributed by atoms with Gasteiger partial charge in [0.15, 0.2) is 5.40 Å². The molecule has 0 aromatic carbocycles. The molecule has 9 heteroatoms. The van der Waals surface area contributed by atoms with Crippen molar-refractivity contribution in [2.75, 3.05) is 20.1 Å². The van der Waals surface area contributed by atoms with Crippen LogP contribution in [0.25, 0.3) is 0 Å². The molecule has 0 aliphatic carbocycles. The van der Waals surface area contributed by atoms with E-state index in [-0.39, 0.29) is 6.54 Å². The summed E-state index contributed by atoms with van der Waals surface area (Å²) < 4.78 is 21.8. The minimum absolute atomic E-state index is 0.317. The highest BCUT2D eigenvalue weighted by Crippen LogP contribution is 2.59. The smallest absolute Gasteiger partial charge is 0.324 e. The van der Waals surface area contributed by atoms with Gasteiger partial charge in [0, 0.05) is 6.54 Å². The Bertz CT molecular complexity index is 261. The summed E-state index contributed by atoms with van der Waals surface area (Å²) in [7, 11) is -8.00. The van der Waals surface area contributed by atoms with Crippen LogP contribution in [0.15, 0.2) is 0 Å². The molecule has 0 spiro atoms. The molecule has 0 aromatic heterocycles. The van der Waals surface area contributed by atoms with Crippen molar-refractivity contribution >= 4 is 15.2 Å². The van der Waals surface area contributed by atoms with Gasteiger partial charge in [0.2, 0.25) is 0 Å². The average molecular weight is 261 g/mol. The number of nitrogens with zero attached hydrogens (tertiary/aromatic N) is 1. The molecule has 0 bridgehead atoms. The third-order valence-corrected chi connectivity index (χ3v) is 5.54. The molecule has 0 fully saturated rings. The van der Waals surface area contributed by atoms with Crippen molar-refractivity contribution in [3.8, 4) is 0 Å². The second kappa shape index (κ2) is 5.55. The van der Waals surface area contributed by atoms with Gasteiger partial charge in [-0.05, 0) is 20.0 Å². The summed E-state index contributed by atoms with van der Waals surface area (Å²) in [5, 5.41) is -1.93. The predicted octanol–water partition coefficient (Wildman–Crippen LogP) is 0.00970. The van der Waals surface area contributed by atoms with Gasteiger partial charge in [-0.1, -0.05) is 6.92 Å². The summed E-state index contributed by atoms with van der Waals surface area (Å²) in [4.78, 5) is 36.8. The van der Waals surface area contributed by atoms with Crippen molar-refractivity contribution in [3.63, 3.8) is 0 Å². The van der Waals surface area contributed by atoms with Crippen molar-refractivity contribution in [1.82, 2.24) is 4.90 Å². The monoisotopic (exact) mass is 261 g/mol. The number of hydrogen-bond acceptors (Lipinski definition) is 3. The minimum atomic E-state index is -4.78.